The lowest BCUT2D eigenvalue weighted by molar-refractivity contribution is 0.217. The van der Waals surface area contributed by atoms with E-state index in [4.69, 9.17) is 0 Å². The molecule has 18 heavy (non-hydrogen) atoms. The fourth-order valence-corrected chi connectivity index (χ4v) is 3.53. The van der Waals surface area contributed by atoms with Gasteiger partial charge in [0.25, 0.3) is 5.24 Å². The van der Waals surface area contributed by atoms with E-state index in [1.807, 2.05) is 4.90 Å². The Bertz CT molecular complexity index is 443. The van der Waals surface area contributed by atoms with E-state index in [1.54, 1.807) is 0 Å². The zero-order valence-corrected chi connectivity index (χ0v) is 11.3. The molecule has 2 aliphatic rings. The van der Waals surface area contributed by atoms with Crippen LogP contribution in [-0.4, -0.2) is 34.1 Å². The second-order valence-corrected chi connectivity index (χ2v) is 5.98. The van der Waals surface area contributed by atoms with E-state index in [-0.39, 0.29) is 5.24 Å². The van der Waals surface area contributed by atoms with Gasteiger partial charge in [0.1, 0.15) is 0 Å². The van der Waals surface area contributed by atoms with Gasteiger partial charge in [-0.25, -0.2) is 4.31 Å². The first-order valence-electron chi connectivity index (χ1n) is 6.61. The fourth-order valence-electron chi connectivity index (χ4n) is 2.60. The van der Waals surface area contributed by atoms with Crippen molar-refractivity contribution in [3.8, 4) is 0 Å². The van der Waals surface area contributed by atoms with Gasteiger partial charge < -0.3 is 4.90 Å². The van der Waals surface area contributed by atoms with Crippen LogP contribution in [-0.2, 0) is 13.0 Å². The van der Waals surface area contributed by atoms with Crippen molar-refractivity contribution in [2.45, 2.75) is 25.8 Å². The Morgan fingerprint density at radius 3 is 2.56 bits per heavy atom. The highest BCUT2D eigenvalue weighted by Gasteiger charge is 2.24. The Hall–Kier alpha value is -1.00. The van der Waals surface area contributed by atoms with Crippen LogP contribution in [0.4, 0.5) is 4.79 Å². The number of amides is 1. The van der Waals surface area contributed by atoms with Gasteiger partial charge in [-0.15, -0.1) is 0 Å². The molecular formula is C14H18N2OS. The third-order valence-corrected chi connectivity index (χ3v) is 4.70. The van der Waals surface area contributed by atoms with Gasteiger partial charge >= 0.3 is 0 Å². The van der Waals surface area contributed by atoms with E-state index in [1.165, 1.54) is 35.9 Å². The highest BCUT2D eigenvalue weighted by Crippen LogP contribution is 2.25. The lowest BCUT2D eigenvalue weighted by Gasteiger charge is -2.29. The van der Waals surface area contributed by atoms with Gasteiger partial charge in [0, 0.05) is 38.1 Å². The highest BCUT2D eigenvalue weighted by atomic mass is 32.2. The summed E-state index contributed by atoms with van der Waals surface area (Å²) in [5.41, 5.74) is 2.70. The molecule has 0 spiro atoms. The average molecular weight is 262 g/mol. The predicted octanol–water partition coefficient (Wildman–Crippen LogP) is 2.91. The summed E-state index contributed by atoms with van der Waals surface area (Å²) in [4.78, 5) is 14.2. The third-order valence-electron chi connectivity index (χ3n) is 3.66. The van der Waals surface area contributed by atoms with Crippen molar-refractivity contribution in [1.29, 1.82) is 0 Å². The van der Waals surface area contributed by atoms with E-state index in [0.29, 0.717) is 0 Å². The molecular weight excluding hydrogens is 244 g/mol. The number of fused-ring (bicyclic) bond motifs is 1. The molecule has 0 saturated carbocycles. The summed E-state index contributed by atoms with van der Waals surface area (Å²) in [6.45, 7) is 3.74. The molecule has 0 aromatic heterocycles. The van der Waals surface area contributed by atoms with Gasteiger partial charge in [-0.2, -0.15) is 0 Å². The van der Waals surface area contributed by atoms with Crippen LogP contribution in [0.5, 0.6) is 0 Å². The summed E-state index contributed by atoms with van der Waals surface area (Å²) in [5.74, 6) is 0. The Labute approximate surface area is 112 Å². The second-order valence-electron chi connectivity index (χ2n) is 4.93. The molecule has 0 aliphatic carbocycles. The summed E-state index contributed by atoms with van der Waals surface area (Å²) >= 11 is 1.41. The zero-order valence-electron chi connectivity index (χ0n) is 10.5. The first-order valence-corrected chi connectivity index (χ1v) is 7.39. The van der Waals surface area contributed by atoms with Crippen molar-refractivity contribution in [2.24, 2.45) is 0 Å². The quantitative estimate of drug-likeness (QED) is 0.727. The van der Waals surface area contributed by atoms with Crippen LogP contribution >= 0.6 is 11.9 Å². The van der Waals surface area contributed by atoms with Gasteiger partial charge in [-0.3, -0.25) is 4.79 Å². The summed E-state index contributed by atoms with van der Waals surface area (Å²) in [5, 5.41) is 0.214. The Balaban J connectivity index is 1.62. The molecule has 4 heteroatoms. The summed E-state index contributed by atoms with van der Waals surface area (Å²) < 4.78 is 2.20. The van der Waals surface area contributed by atoms with Crippen molar-refractivity contribution < 1.29 is 4.79 Å². The molecule has 3 rings (SSSR count). The highest BCUT2D eigenvalue weighted by molar-refractivity contribution is 8.11. The molecule has 0 N–H and O–H groups in total. The van der Waals surface area contributed by atoms with Crippen molar-refractivity contribution in [2.75, 3.05) is 19.6 Å². The minimum Gasteiger partial charge on any atom is -0.328 e. The molecule has 1 fully saturated rings. The maximum atomic E-state index is 12.2. The number of rotatable bonds is 1. The van der Waals surface area contributed by atoms with Gasteiger partial charge in [0.15, 0.2) is 0 Å². The molecule has 96 valence electrons. The number of hydrogen-bond acceptors (Lipinski definition) is 3. The first-order chi connectivity index (χ1) is 8.83. The first kappa shape index (κ1) is 12.1. The largest absolute Gasteiger partial charge is 0.328 e. The lowest BCUT2D eigenvalue weighted by Crippen LogP contribution is -2.35. The Kier molecular flexibility index (Phi) is 3.57. The molecule has 0 radical (unpaired) electrons. The number of carbonyl (C=O) groups excluding carboxylic acids is 1. The van der Waals surface area contributed by atoms with Crippen LogP contribution in [0.1, 0.15) is 24.0 Å². The van der Waals surface area contributed by atoms with E-state index in [0.717, 1.165) is 32.6 Å². The molecule has 2 heterocycles. The molecule has 0 atom stereocenters. The standard InChI is InChI=1S/C14H18N2OS/c17-14(18-16-8-3-4-9-16)15-10-7-12-5-1-2-6-13(12)11-15/h1-2,5-6H,3-4,7-11H2. The van der Waals surface area contributed by atoms with Crippen LogP contribution in [0.15, 0.2) is 24.3 Å². The lowest BCUT2D eigenvalue weighted by atomic mass is 10.0. The predicted molar refractivity (Wildman–Crippen MR) is 74.4 cm³/mol. The van der Waals surface area contributed by atoms with E-state index in [9.17, 15) is 4.79 Å². The van der Waals surface area contributed by atoms with Gasteiger partial charge in [0.05, 0.1) is 0 Å². The maximum Gasteiger partial charge on any atom is 0.297 e. The van der Waals surface area contributed by atoms with Crippen LogP contribution in [0.3, 0.4) is 0 Å². The second kappa shape index (κ2) is 5.33. The summed E-state index contributed by atoms with van der Waals surface area (Å²) in [6, 6.07) is 8.44. The molecule has 1 amide bonds. The number of hydrogen-bond donors (Lipinski definition) is 0. The number of benzene rings is 1. The molecule has 3 nitrogen and oxygen atoms in total. The minimum atomic E-state index is 0.214. The van der Waals surface area contributed by atoms with Crippen LogP contribution in [0, 0.1) is 0 Å². The number of nitrogens with zero attached hydrogens (tertiary/aromatic N) is 2. The number of carbonyl (C=O) groups is 1. The zero-order chi connectivity index (χ0) is 12.4. The molecule has 0 bridgehead atoms. The molecule has 1 aromatic rings. The van der Waals surface area contributed by atoms with E-state index < -0.39 is 0 Å². The monoisotopic (exact) mass is 262 g/mol. The summed E-state index contributed by atoms with van der Waals surface area (Å²) in [7, 11) is 0. The van der Waals surface area contributed by atoms with Gasteiger partial charge in [-0.1, -0.05) is 24.3 Å². The van der Waals surface area contributed by atoms with E-state index in [2.05, 4.69) is 28.6 Å². The van der Waals surface area contributed by atoms with Crippen molar-refractivity contribution >= 4 is 17.2 Å². The van der Waals surface area contributed by atoms with Crippen molar-refractivity contribution in [3.63, 3.8) is 0 Å². The average Bonchev–Trinajstić information content (AvgIpc) is 2.91. The van der Waals surface area contributed by atoms with Crippen LogP contribution < -0.4 is 0 Å². The van der Waals surface area contributed by atoms with E-state index >= 15 is 0 Å². The Morgan fingerprint density at radius 2 is 1.78 bits per heavy atom. The fraction of sp³-hybridized carbons (Fsp3) is 0.500. The maximum absolute atomic E-state index is 12.2. The third kappa shape index (κ3) is 2.54. The molecule has 0 unspecified atom stereocenters. The smallest absolute Gasteiger partial charge is 0.297 e. The van der Waals surface area contributed by atoms with Crippen molar-refractivity contribution in [1.82, 2.24) is 9.21 Å². The summed E-state index contributed by atoms with van der Waals surface area (Å²) in [6.07, 6.45) is 3.44. The molecule has 1 aromatic carbocycles. The van der Waals surface area contributed by atoms with Gasteiger partial charge in [-0.05, 0) is 30.4 Å². The topological polar surface area (TPSA) is 23.6 Å². The molecule has 1 saturated heterocycles. The van der Waals surface area contributed by atoms with Crippen LogP contribution in [0.2, 0.25) is 0 Å². The minimum absolute atomic E-state index is 0.214. The van der Waals surface area contributed by atoms with Gasteiger partial charge in [0.2, 0.25) is 0 Å². The van der Waals surface area contributed by atoms with Crippen LogP contribution in [0.25, 0.3) is 0 Å². The Morgan fingerprint density at radius 1 is 1.06 bits per heavy atom. The van der Waals surface area contributed by atoms with Crippen molar-refractivity contribution in [3.05, 3.63) is 35.4 Å². The SMILES string of the molecule is O=C(SN1CCCC1)N1CCc2ccccc2C1. The normalized spacial score (nSPS) is 19.9. The molecule has 2 aliphatic heterocycles.